The second-order valence-electron chi connectivity index (χ2n) is 6.05. The van der Waals surface area contributed by atoms with Crippen LogP contribution in [0.1, 0.15) is 15.9 Å². The van der Waals surface area contributed by atoms with Crippen LogP contribution in [0.5, 0.6) is 11.5 Å². The summed E-state index contributed by atoms with van der Waals surface area (Å²) >= 11 is 0. The van der Waals surface area contributed by atoms with E-state index in [1.165, 1.54) is 6.07 Å². The van der Waals surface area contributed by atoms with Crippen LogP contribution < -0.4 is 9.46 Å². The molecule has 1 N–H and O–H groups in total. The molecule has 0 spiro atoms. The van der Waals surface area contributed by atoms with E-state index < -0.39 is 16.0 Å². The number of rotatable bonds is 7. The van der Waals surface area contributed by atoms with E-state index in [0.29, 0.717) is 22.7 Å². The lowest BCUT2D eigenvalue weighted by molar-refractivity contribution is 0.0471. The summed E-state index contributed by atoms with van der Waals surface area (Å²) in [5.41, 5.74) is 1.25. The summed E-state index contributed by atoms with van der Waals surface area (Å²) < 4.78 is 36.2. The van der Waals surface area contributed by atoms with Crippen molar-refractivity contribution in [3.8, 4) is 11.5 Å². The second-order valence-corrected chi connectivity index (χ2v) is 7.80. The third-order valence-corrected chi connectivity index (χ3v) is 4.31. The number of hydrogen-bond acceptors (Lipinski definition) is 5. The number of anilines is 1. The van der Waals surface area contributed by atoms with Crippen LogP contribution in [0.2, 0.25) is 0 Å². The molecular formula is C21H19NO5S. The van der Waals surface area contributed by atoms with Crippen molar-refractivity contribution in [3.63, 3.8) is 0 Å². The Labute approximate surface area is 163 Å². The van der Waals surface area contributed by atoms with Gasteiger partial charge in [0.2, 0.25) is 10.0 Å². The van der Waals surface area contributed by atoms with Crippen LogP contribution in [0.3, 0.4) is 0 Å². The van der Waals surface area contributed by atoms with Gasteiger partial charge in [-0.3, -0.25) is 4.72 Å². The van der Waals surface area contributed by atoms with Gasteiger partial charge in [0.15, 0.2) is 0 Å². The number of carbonyl (C=O) groups excluding carboxylic acids is 1. The average molecular weight is 397 g/mol. The molecular weight excluding hydrogens is 378 g/mol. The van der Waals surface area contributed by atoms with Crippen molar-refractivity contribution in [2.24, 2.45) is 0 Å². The minimum Gasteiger partial charge on any atom is -0.457 e. The molecule has 0 radical (unpaired) electrons. The monoisotopic (exact) mass is 397 g/mol. The Morgan fingerprint density at radius 1 is 0.929 bits per heavy atom. The Kier molecular flexibility index (Phi) is 5.96. The molecule has 144 valence electrons. The van der Waals surface area contributed by atoms with Gasteiger partial charge < -0.3 is 9.47 Å². The Hall–Kier alpha value is -3.32. The maximum atomic E-state index is 12.4. The van der Waals surface area contributed by atoms with Gasteiger partial charge in [-0.2, -0.15) is 0 Å². The van der Waals surface area contributed by atoms with Crippen molar-refractivity contribution >= 4 is 21.7 Å². The first kappa shape index (κ1) is 19.4. The van der Waals surface area contributed by atoms with Crippen LogP contribution in [0, 0.1) is 0 Å². The number of carbonyl (C=O) groups is 1. The van der Waals surface area contributed by atoms with Gasteiger partial charge in [-0.15, -0.1) is 0 Å². The van der Waals surface area contributed by atoms with Gasteiger partial charge in [0, 0.05) is 11.3 Å². The second kappa shape index (κ2) is 8.58. The van der Waals surface area contributed by atoms with Crippen LogP contribution in [-0.2, 0) is 21.4 Å². The van der Waals surface area contributed by atoms with Crippen LogP contribution in [-0.4, -0.2) is 20.6 Å². The summed E-state index contributed by atoms with van der Waals surface area (Å²) in [4.78, 5) is 12.4. The number of ether oxygens (including phenoxy) is 2. The molecule has 0 aliphatic carbocycles. The average Bonchev–Trinajstić information content (AvgIpc) is 2.67. The van der Waals surface area contributed by atoms with Gasteiger partial charge in [-0.25, -0.2) is 13.2 Å². The molecule has 0 aliphatic heterocycles. The highest BCUT2D eigenvalue weighted by Crippen LogP contribution is 2.26. The van der Waals surface area contributed by atoms with Crippen LogP contribution in [0.4, 0.5) is 5.69 Å². The minimum atomic E-state index is -3.43. The first-order chi connectivity index (χ1) is 13.4. The zero-order valence-corrected chi connectivity index (χ0v) is 16.0. The number of nitrogens with one attached hydrogen (secondary N) is 1. The van der Waals surface area contributed by atoms with E-state index in [4.69, 9.17) is 9.47 Å². The molecule has 0 heterocycles. The maximum absolute atomic E-state index is 12.4. The molecule has 0 fully saturated rings. The predicted octanol–water partition coefficient (Wildman–Crippen LogP) is 4.21. The van der Waals surface area contributed by atoms with Crippen LogP contribution in [0.15, 0.2) is 78.9 Å². The van der Waals surface area contributed by atoms with Crippen LogP contribution in [0.25, 0.3) is 0 Å². The largest absolute Gasteiger partial charge is 0.457 e. The van der Waals surface area contributed by atoms with E-state index in [0.717, 1.165) is 6.26 Å². The SMILES string of the molecule is CS(=O)(=O)Nc1cccc(C(=O)OCc2ccccc2Oc2ccccc2)c1. The molecule has 0 aromatic heterocycles. The van der Waals surface area contributed by atoms with E-state index in [2.05, 4.69) is 4.72 Å². The fourth-order valence-electron chi connectivity index (χ4n) is 2.49. The third kappa shape index (κ3) is 5.59. The number of esters is 1. The minimum absolute atomic E-state index is 0.0194. The molecule has 0 unspecified atom stereocenters. The number of benzene rings is 3. The zero-order chi connectivity index (χ0) is 20.0. The van der Waals surface area contributed by atoms with Gasteiger partial charge >= 0.3 is 5.97 Å². The quantitative estimate of drug-likeness (QED) is 0.604. The lowest BCUT2D eigenvalue weighted by atomic mass is 10.2. The molecule has 0 bridgehead atoms. The molecule has 28 heavy (non-hydrogen) atoms. The van der Waals surface area contributed by atoms with Crippen LogP contribution >= 0.6 is 0 Å². The fraction of sp³-hybridized carbons (Fsp3) is 0.0952. The van der Waals surface area contributed by atoms with E-state index in [1.807, 2.05) is 48.5 Å². The molecule has 0 amide bonds. The summed E-state index contributed by atoms with van der Waals surface area (Å²) in [5, 5.41) is 0. The van der Waals surface area contributed by atoms with E-state index in [1.54, 1.807) is 24.3 Å². The summed E-state index contributed by atoms with van der Waals surface area (Å²) in [5.74, 6) is 0.710. The van der Waals surface area contributed by atoms with Gasteiger partial charge in [-0.05, 0) is 36.4 Å². The normalized spacial score (nSPS) is 10.9. The lowest BCUT2D eigenvalue weighted by Gasteiger charge is -2.12. The Morgan fingerprint density at radius 2 is 1.64 bits per heavy atom. The molecule has 0 atom stereocenters. The van der Waals surface area contributed by atoms with Crippen molar-refractivity contribution in [1.29, 1.82) is 0 Å². The van der Waals surface area contributed by atoms with Crippen molar-refractivity contribution in [1.82, 2.24) is 0 Å². The first-order valence-electron chi connectivity index (χ1n) is 8.46. The highest BCUT2D eigenvalue weighted by Gasteiger charge is 2.12. The Morgan fingerprint density at radius 3 is 2.39 bits per heavy atom. The van der Waals surface area contributed by atoms with Gasteiger partial charge in [0.05, 0.1) is 11.8 Å². The summed E-state index contributed by atoms with van der Waals surface area (Å²) in [6, 6.07) is 22.7. The van der Waals surface area contributed by atoms with Crippen molar-refractivity contribution < 1.29 is 22.7 Å². The summed E-state index contributed by atoms with van der Waals surface area (Å²) in [6.07, 6.45) is 1.04. The molecule has 0 saturated carbocycles. The third-order valence-electron chi connectivity index (χ3n) is 3.70. The topological polar surface area (TPSA) is 81.7 Å². The Bertz CT molecular complexity index is 1060. The fourth-order valence-corrected chi connectivity index (χ4v) is 3.04. The molecule has 3 aromatic rings. The number of para-hydroxylation sites is 2. The number of hydrogen-bond donors (Lipinski definition) is 1. The lowest BCUT2D eigenvalue weighted by Crippen LogP contribution is -2.11. The van der Waals surface area contributed by atoms with Crippen molar-refractivity contribution in [2.75, 3.05) is 11.0 Å². The predicted molar refractivity (Wildman–Crippen MR) is 107 cm³/mol. The van der Waals surface area contributed by atoms with E-state index >= 15 is 0 Å². The smallest absolute Gasteiger partial charge is 0.338 e. The highest BCUT2D eigenvalue weighted by molar-refractivity contribution is 7.92. The van der Waals surface area contributed by atoms with Gasteiger partial charge in [0.25, 0.3) is 0 Å². The summed E-state index contributed by atoms with van der Waals surface area (Å²) in [7, 11) is -3.43. The number of sulfonamides is 1. The van der Waals surface area contributed by atoms with Gasteiger partial charge in [-0.1, -0.05) is 42.5 Å². The van der Waals surface area contributed by atoms with Crippen molar-refractivity contribution in [2.45, 2.75) is 6.61 Å². The molecule has 0 saturated heterocycles. The van der Waals surface area contributed by atoms with E-state index in [9.17, 15) is 13.2 Å². The van der Waals surface area contributed by atoms with Gasteiger partial charge in [0.1, 0.15) is 18.1 Å². The van der Waals surface area contributed by atoms with E-state index in [-0.39, 0.29) is 12.2 Å². The first-order valence-corrected chi connectivity index (χ1v) is 10.4. The molecule has 0 aliphatic rings. The molecule has 3 aromatic carbocycles. The maximum Gasteiger partial charge on any atom is 0.338 e. The standard InChI is InChI=1S/C21H19NO5S/c1-28(24,25)22-18-10-7-9-16(14-18)21(23)26-15-17-8-5-6-13-20(17)27-19-11-3-2-4-12-19/h2-14,22H,15H2,1H3. The Balaban J connectivity index is 1.69. The summed E-state index contributed by atoms with van der Waals surface area (Å²) in [6.45, 7) is 0.0194. The zero-order valence-electron chi connectivity index (χ0n) is 15.2. The molecule has 6 nitrogen and oxygen atoms in total. The van der Waals surface area contributed by atoms with Crippen molar-refractivity contribution in [3.05, 3.63) is 90.0 Å². The molecule has 7 heteroatoms. The highest BCUT2D eigenvalue weighted by atomic mass is 32.2. The molecule has 3 rings (SSSR count).